The minimum absolute atomic E-state index is 0.00838. The average molecular weight is 308 g/mol. The highest BCUT2D eigenvalue weighted by atomic mass is 31.2. The molecule has 2 aromatic carbocycles. The van der Waals surface area contributed by atoms with Crippen molar-refractivity contribution in [1.29, 1.82) is 0 Å². The summed E-state index contributed by atoms with van der Waals surface area (Å²) >= 11 is 0. The van der Waals surface area contributed by atoms with Crippen molar-refractivity contribution in [3.8, 4) is 11.5 Å². The number of fused-ring (bicyclic) bond motifs is 2. The molecule has 0 aliphatic rings. The van der Waals surface area contributed by atoms with Gasteiger partial charge in [0.05, 0.1) is 4.43 Å². The van der Waals surface area contributed by atoms with E-state index in [1.54, 1.807) is 0 Å². The normalized spacial score (nSPS) is 11.9. The number of hydrogen-bond donors (Lipinski definition) is 1. The fourth-order valence-electron chi connectivity index (χ4n) is 1.93. The molecule has 0 saturated carbocycles. The Labute approximate surface area is 116 Å². The van der Waals surface area contributed by atoms with Gasteiger partial charge in [-0.25, -0.2) is 0 Å². The molecule has 3 aromatic rings. The van der Waals surface area contributed by atoms with Gasteiger partial charge in [-0.3, -0.25) is 0 Å². The van der Waals surface area contributed by atoms with Crippen LogP contribution in [0.25, 0.3) is 22.2 Å². The molecule has 1 N–H and O–H groups in total. The molecule has 0 bridgehead atoms. The van der Waals surface area contributed by atoms with Gasteiger partial charge in [0.25, 0.3) is 0 Å². The first kappa shape index (κ1) is 13.6. The summed E-state index contributed by atoms with van der Waals surface area (Å²) in [4.78, 5) is 33.3. The van der Waals surface area contributed by atoms with E-state index in [9.17, 15) is 24.4 Å². The number of aromatic hydroxyl groups is 1. The van der Waals surface area contributed by atoms with Crippen molar-refractivity contribution in [2.75, 3.05) is 0 Å². The maximum absolute atomic E-state index is 12.2. The summed E-state index contributed by atoms with van der Waals surface area (Å²) < 4.78 is 20.8. The minimum atomic E-state index is -5.20. The Kier molecular flexibility index (Phi) is 2.94. The maximum atomic E-state index is 12.2. The van der Waals surface area contributed by atoms with E-state index in [0.29, 0.717) is 4.43 Å². The van der Waals surface area contributed by atoms with Crippen LogP contribution in [0.4, 0.5) is 0 Å². The number of hydrogen-bond acceptors (Lipinski definition) is 7. The number of phosphoric acid groups is 1. The van der Waals surface area contributed by atoms with Crippen molar-refractivity contribution in [3.63, 3.8) is 0 Å². The van der Waals surface area contributed by atoms with Crippen LogP contribution in [0.3, 0.4) is 0 Å². The van der Waals surface area contributed by atoms with Gasteiger partial charge in [-0.15, -0.1) is 0 Å². The molecule has 8 nitrogen and oxygen atoms in total. The minimum Gasteiger partial charge on any atom is -0.780 e. The molecule has 0 atom stereocenters. The van der Waals surface area contributed by atoms with Gasteiger partial charge in [-0.2, -0.15) is 0 Å². The van der Waals surface area contributed by atoms with Crippen LogP contribution in [0.15, 0.2) is 40.8 Å². The van der Waals surface area contributed by atoms with Crippen LogP contribution in [0.5, 0.6) is 11.5 Å². The number of phosphoric ester groups is 1. The zero-order valence-electron chi connectivity index (χ0n) is 10.3. The summed E-state index contributed by atoms with van der Waals surface area (Å²) in [6.07, 6.45) is 0. The molecule has 1 aromatic heterocycles. The fourth-order valence-corrected chi connectivity index (χ4v) is 2.30. The molecule has 0 radical (unpaired) electrons. The lowest BCUT2D eigenvalue weighted by Crippen LogP contribution is -2.19. The van der Waals surface area contributed by atoms with Crippen LogP contribution in [-0.2, 0) is 4.57 Å². The Bertz CT molecular complexity index is 959. The van der Waals surface area contributed by atoms with E-state index in [4.69, 9.17) is 4.42 Å². The van der Waals surface area contributed by atoms with Gasteiger partial charge >= 0.3 is 11.0 Å². The Morgan fingerprint density at radius 1 is 1.10 bits per heavy atom. The number of phenols is 1. The summed E-state index contributed by atoms with van der Waals surface area (Å²) in [5.74, 6) is -0.360. The highest BCUT2D eigenvalue weighted by Gasteiger charge is 2.17. The predicted molar refractivity (Wildman–Crippen MR) is 67.0 cm³/mol. The molecule has 3 rings (SSSR count). The molecular formula is C12H7NO7P-. The maximum Gasteiger partial charge on any atom is 0.306 e. The third-order valence-electron chi connectivity index (χ3n) is 2.75. The zero-order valence-corrected chi connectivity index (χ0v) is 11.1. The Morgan fingerprint density at radius 2 is 1.71 bits per heavy atom. The number of benzene rings is 2. The monoisotopic (exact) mass is 308 g/mol. The number of rotatable bonds is 2. The van der Waals surface area contributed by atoms with E-state index in [1.165, 1.54) is 30.3 Å². The van der Waals surface area contributed by atoms with Crippen LogP contribution < -0.4 is 18.7 Å². The highest BCUT2D eigenvalue weighted by Crippen LogP contribution is 2.31. The van der Waals surface area contributed by atoms with Gasteiger partial charge in [0.15, 0.2) is 0 Å². The van der Waals surface area contributed by atoms with Crippen LogP contribution in [0.2, 0.25) is 0 Å². The van der Waals surface area contributed by atoms with Crippen LogP contribution >= 0.6 is 7.82 Å². The topological polar surface area (TPSA) is 129 Å². The predicted octanol–water partition coefficient (Wildman–Crippen LogP) is 0.414. The number of nitrogens with zero attached hydrogens (tertiary/aromatic N) is 1. The molecule has 21 heavy (non-hydrogen) atoms. The first-order valence-electron chi connectivity index (χ1n) is 5.67. The largest absolute Gasteiger partial charge is 0.780 e. The van der Waals surface area contributed by atoms with Crippen LogP contribution in [0.1, 0.15) is 0 Å². The molecule has 0 spiro atoms. The third kappa shape index (κ3) is 2.59. The molecule has 0 aliphatic carbocycles. The van der Waals surface area contributed by atoms with Crippen molar-refractivity contribution in [3.05, 3.63) is 41.3 Å². The summed E-state index contributed by atoms with van der Waals surface area (Å²) in [7, 11) is -5.20. The van der Waals surface area contributed by atoms with Crippen molar-refractivity contribution >= 4 is 30.0 Å². The SMILES string of the molecule is O=[n+]1c2ccc(O)cc2oc2cc(OP(=O)([O-])[O-])ccc21. The summed E-state index contributed by atoms with van der Waals surface area (Å²) in [6.45, 7) is 0. The second kappa shape index (κ2) is 4.56. The van der Waals surface area contributed by atoms with Crippen molar-refractivity contribution in [2.45, 2.75) is 0 Å². The molecule has 9 heteroatoms. The molecule has 0 fully saturated rings. The van der Waals surface area contributed by atoms with Crippen molar-refractivity contribution < 1.29 is 32.8 Å². The first-order chi connectivity index (χ1) is 9.83. The van der Waals surface area contributed by atoms with E-state index in [-0.39, 0.29) is 33.7 Å². The highest BCUT2D eigenvalue weighted by molar-refractivity contribution is 7.43. The lowest BCUT2D eigenvalue weighted by molar-refractivity contribution is -0.433. The quantitative estimate of drug-likeness (QED) is 0.412. The van der Waals surface area contributed by atoms with Gasteiger partial charge < -0.3 is 28.4 Å². The standard InChI is InChI=1S/C12H8NO7P/c14-7-1-3-9-11(5-7)19-12-6-8(20-21(16,17)18)2-4-10(12)13(9)15/h1-6H,(H2-,14,15,16,17,18)/p-1. The molecule has 0 saturated heterocycles. The fraction of sp³-hybridized carbons (Fsp3) is 0. The van der Waals surface area contributed by atoms with Gasteiger partial charge in [0.2, 0.25) is 11.2 Å². The van der Waals surface area contributed by atoms with Crippen molar-refractivity contribution in [2.24, 2.45) is 0 Å². The van der Waals surface area contributed by atoms with E-state index in [1.807, 2.05) is 0 Å². The van der Waals surface area contributed by atoms with Crippen molar-refractivity contribution in [1.82, 2.24) is 0 Å². The van der Waals surface area contributed by atoms with Gasteiger partial charge in [0, 0.05) is 29.2 Å². The Balaban J connectivity index is 2.28. The van der Waals surface area contributed by atoms with Gasteiger partial charge in [0.1, 0.15) is 19.3 Å². The lowest BCUT2D eigenvalue weighted by Gasteiger charge is -2.28. The lowest BCUT2D eigenvalue weighted by atomic mass is 10.2. The molecule has 1 heterocycles. The first-order valence-corrected chi connectivity index (χ1v) is 7.13. The summed E-state index contributed by atoms with van der Waals surface area (Å²) in [5, 5.41) is 9.39. The van der Waals surface area contributed by atoms with E-state index >= 15 is 0 Å². The van der Waals surface area contributed by atoms with Crippen LogP contribution in [0, 0.1) is 4.91 Å². The van der Waals surface area contributed by atoms with E-state index < -0.39 is 7.82 Å². The number of aromatic nitrogens is 1. The second-order valence-electron chi connectivity index (χ2n) is 4.22. The average Bonchev–Trinajstić information content (AvgIpc) is 2.36. The molecule has 0 unspecified atom stereocenters. The smallest absolute Gasteiger partial charge is 0.306 e. The van der Waals surface area contributed by atoms with Gasteiger partial charge in [-0.05, 0) is 12.1 Å². The third-order valence-corrected chi connectivity index (χ3v) is 3.18. The number of phenolic OH excluding ortho intramolecular Hbond substituents is 1. The summed E-state index contributed by atoms with van der Waals surface area (Å²) in [5.41, 5.74) is 0.413. The molecule has 108 valence electrons. The summed E-state index contributed by atoms with van der Waals surface area (Å²) in [6, 6.07) is 7.50. The Morgan fingerprint density at radius 3 is 2.38 bits per heavy atom. The molecular weight excluding hydrogens is 301 g/mol. The zero-order chi connectivity index (χ0) is 15.2. The van der Waals surface area contributed by atoms with Crippen LogP contribution in [-0.4, -0.2) is 5.11 Å². The van der Waals surface area contributed by atoms with E-state index in [2.05, 4.69) is 4.52 Å². The van der Waals surface area contributed by atoms with E-state index in [0.717, 1.165) is 6.07 Å². The van der Waals surface area contributed by atoms with Gasteiger partial charge in [-0.1, -0.05) is 0 Å². The molecule has 0 aliphatic heterocycles. The second-order valence-corrected chi connectivity index (χ2v) is 5.29. The molecule has 0 amide bonds. The Hall–Kier alpha value is -2.41.